The number of halogens is 1. The standard InChI is InChI=1S/C16H15BrN4O2/c1-16(2,3)14-8-12(21-23-14)15(22)13(9-18)20-19-11-6-4-10(17)5-7-11/h4-8,19H,1-3H3/b20-13+. The summed E-state index contributed by atoms with van der Waals surface area (Å²) in [5, 5.41) is 16.7. The van der Waals surface area contributed by atoms with Gasteiger partial charge >= 0.3 is 0 Å². The Morgan fingerprint density at radius 2 is 2.00 bits per heavy atom. The molecule has 2 aromatic rings. The van der Waals surface area contributed by atoms with Gasteiger partial charge in [-0.3, -0.25) is 10.2 Å². The zero-order chi connectivity index (χ0) is 17.0. The smallest absolute Gasteiger partial charge is 0.245 e. The van der Waals surface area contributed by atoms with Crippen molar-refractivity contribution in [3.05, 3.63) is 46.3 Å². The number of hydrogen-bond donors (Lipinski definition) is 1. The lowest BCUT2D eigenvalue weighted by Crippen LogP contribution is -2.15. The number of hydrogen-bond acceptors (Lipinski definition) is 6. The van der Waals surface area contributed by atoms with Gasteiger partial charge in [0.2, 0.25) is 11.5 Å². The van der Waals surface area contributed by atoms with Gasteiger partial charge in [-0.1, -0.05) is 41.9 Å². The lowest BCUT2D eigenvalue weighted by Gasteiger charge is -2.11. The van der Waals surface area contributed by atoms with Crippen molar-refractivity contribution in [2.75, 3.05) is 5.43 Å². The third-order valence-corrected chi connectivity index (χ3v) is 3.47. The first-order valence-electron chi connectivity index (χ1n) is 6.82. The van der Waals surface area contributed by atoms with Crippen LogP contribution >= 0.6 is 15.9 Å². The first-order valence-corrected chi connectivity index (χ1v) is 7.62. The van der Waals surface area contributed by atoms with Gasteiger partial charge in [-0.15, -0.1) is 0 Å². The molecule has 118 valence electrons. The van der Waals surface area contributed by atoms with E-state index in [2.05, 4.69) is 31.6 Å². The number of carbonyl (C=O) groups is 1. The summed E-state index contributed by atoms with van der Waals surface area (Å²) >= 11 is 3.32. The Bertz CT molecular complexity index is 780. The second kappa shape index (κ2) is 6.75. The van der Waals surface area contributed by atoms with E-state index in [4.69, 9.17) is 9.78 Å². The van der Waals surface area contributed by atoms with E-state index in [0.29, 0.717) is 11.4 Å². The first kappa shape index (κ1) is 16.9. The summed E-state index contributed by atoms with van der Waals surface area (Å²) in [4.78, 5) is 12.3. The van der Waals surface area contributed by atoms with Crippen LogP contribution in [0.4, 0.5) is 5.69 Å². The van der Waals surface area contributed by atoms with Crippen LogP contribution in [-0.4, -0.2) is 16.7 Å². The van der Waals surface area contributed by atoms with E-state index in [1.807, 2.05) is 32.9 Å². The van der Waals surface area contributed by atoms with Crippen molar-refractivity contribution in [2.45, 2.75) is 26.2 Å². The molecule has 0 aliphatic carbocycles. The summed E-state index contributed by atoms with van der Waals surface area (Å²) in [5.41, 5.74) is 2.83. The van der Waals surface area contributed by atoms with Gasteiger partial charge in [0.1, 0.15) is 11.8 Å². The normalized spacial score (nSPS) is 11.9. The van der Waals surface area contributed by atoms with Crippen LogP contribution in [0.15, 0.2) is 44.4 Å². The number of carbonyl (C=O) groups excluding carboxylic acids is 1. The molecular formula is C16H15BrN4O2. The Kier molecular flexibility index (Phi) is 4.96. The van der Waals surface area contributed by atoms with Crippen molar-refractivity contribution in [1.82, 2.24) is 5.16 Å². The van der Waals surface area contributed by atoms with Crippen molar-refractivity contribution in [2.24, 2.45) is 5.10 Å². The Morgan fingerprint density at radius 3 is 2.52 bits per heavy atom. The Morgan fingerprint density at radius 1 is 1.35 bits per heavy atom. The zero-order valence-electron chi connectivity index (χ0n) is 12.9. The van der Waals surface area contributed by atoms with Gasteiger partial charge in [-0.05, 0) is 24.3 Å². The molecule has 2 rings (SSSR count). The van der Waals surface area contributed by atoms with E-state index >= 15 is 0 Å². The monoisotopic (exact) mass is 374 g/mol. The van der Waals surface area contributed by atoms with Crippen LogP contribution in [-0.2, 0) is 5.41 Å². The van der Waals surface area contributed by atoms with Gasteiger partial charge in [0.15, 0.2) is 5.69 Å². The Labute approximate surface area is 142 Å². The van der Waals surface area contributed by atoms with E-state index in [1.165, 1.54) is 6.07 Å². The molecule has 0 spiro atoms. The van der Waals surface area contributed by atoms with E-state index in [9.17, 15) is 4.79 Å². The number of nitriles is 1. The fourth-order valence-electron chi connectivity index (χ4n) is 1.63. The molecule has 1 aromatic heterocycles. The van der Waals surface area contributed by atoms with Gasteiger partial charge in [-0.25, -0.2) is 0 Å². The summed E-state index contributed by atoms with van der Waals surface area (Å²) in [6.07, 6.45) is 0. The summed E-state index contributed by atoms with van der Waals surface area (Å²) in [7, 11) is 0. The molecule has 0 amide bonds. The van der Waals surface area contributed by atoms with Crippen molar-refractivity contribution >= 4 is 33.1 Å². The highest BCUT2D eigenvalue weighted by Crippen LogP contribution is 2.23. The molecule has 0 radical (unpaired) electrons. The van der Waals surface area contributed by atoms with Crippen LogP contribution in [0.25, 0.3) is 0 Å². The molecule has 0 unspecified atom stereocenters. The molecule has 1 N–H and O–H groups in total. The number of benzene rings is 1. The third kappa shape index (κ3) is 4.27. The minimum atomic E-state index is -0.587. The molecule has 0 fully saturated rings. The second-order valence-corrected chi connectivity index (χ2v) is 6.76. The number of nitrogens with one attached hydrogen (secondary N) is 1. The molecule has 0 saturated carbocycles. The maximum atomic E-state index is 12.3. The van der Waals surface area contributed by atoms with Gasteiger partial charge in [0.05, 0.1) is 5.69 Å². The van der Waals surface area contributed by atoms with Gasteiger partial charge in [0.25, 0.3) is 0 Å². The number of nitrogens with zero attached hydrogens (tertiary/aromatic N) is 3. The molecule has 23 heavy (non-hydrogen) atoms. The average molecular weight is 375 g/mol. The topological polar surface area (TPSA) is 91.3 Å². The predicted molar refractivity (Wildman–Crippen MR) is 90.3 cm³/mol. The van der Waals surface area contributed by atoms with Crippen LogP contribution in [0, 0.1) is 11.3 Å². The van der Waals surface area contributed by atoms with Crippen molar-refractivity contribution in [1.29, 1.82) is 5.26 Å². The SMILES string of the molecule is CC(C)(C)c1cc(C(=O)/C(C#N)=N/Nc2ccc(Br)cc2)no1. The highest BCUT2D eigenvalue weighted by atomic mass is 79.9. The molecule has 0 bridgehead atoms. The number of hydrazone groups is 1. The summed E-state index contributed by atoms with van der Waals surface area (Å²) in [6.45, 7) is 5.82. The highest BCUT2D eigenvalue weighted by Gasteiger charge is 2.24. The first-order chi connectivity index (χ1) is 10.8. The predicted octanol–water partition coefficient (Wildman–Crippen LogP) is 3.91. The molecule has 6 nitrogen and oxygen atoms in total. The van der Waals surface area contributed by atoms with Crippen LogP contribution in [0.1, 0.15) is 37.0 Å². The van der Waals surface area contributed by atoms with Crippen LogP contribution in [0.3, 0.4) is 0 Å². The van der Waals surface area contributed by atoms with Crippen molar-refractivity contribution < 1.29 is 9.32 Å². The lowest BCUT2D eigenvalue weighted by molar-refractivity contribution is 0.105. The molecule has 0 aliphatic rings. The van der Waals surface area contributed by atoms with Crippen LogP contribution in [0.5, 0.6) is 0 Å². The summed E-state index contributed by atoms with van der Waals surface area (Å²) in [5.74, 6) is -0.0182. The summed E-state index contributed by atoms with van der Waals surface area (Å²) in [6, 6.07) is 10.5. The Balaban J connectivity index is 2.18. The lowest BCUT2D eigenvalue weighted by atomic mass is 9.93. The molecule has 0 saturated heterocycles. The average Bonchev–Trinajstić information content (AvgIpc) is 2.99. The second-order valence-electron chi connectivity index (χ2n) is 5.85. The van der Waals surface area contributed by atoms with E-state index in [1.54, 1.807) is 18.2 Å². The molecular weight excluding hydrogens is 360 g/mol. The van der Waals surface area contributed by atoms with Crippen LogP contribution in [0.2, 0.25) is 0 Å². The summed E-state index contributed by atoms with van der Waals surface area (Å²) < 4.78 is 6.08. The molecule has 0 atom stereocenters. The largest absolute Gasteiger partial charge is 0.360 e. The van der Waals surface area contributed by atoms with Crippen molar-refractivity contribution in [3.63, 3.8) is 0 Å². The molecule has 1 heterocycles. The maximum absolute atomic E-state index is 12.3. The fourth-order valence-corrected chi connectivity index (χ4v) is 1.89. The minimum Gasteiger partial charge on any atom is -0.360 e. The zero-order valence-corrected chi connectivity index (χ0v) is 14.5. The van der Waals surface area contributed by atoms with Gasteiger partial charge in [0, 0.05) is 16.0 Å². The fraction of sp³-hybridized carbons (Fsp3) is 0.250. The molecule has 1 aromatic carbocycles. The van der Waals surface area contributed by atoms with Crippen LogP contribution < -0.4 is 5.43 Å². The van der Waals surface area contributed by atoms with E-state index in [-0.39, 0.29) is 16.8 Å². The highest BCUT2D eigenvalue weighted by molar-refractivity contribution is 9.10. The molecule has 7 heteroatoms. The van der Waals surface area contributed by atoms with Crippen molar-refractivity contribution in [3.8, 4) is 6.07 Å². The number of rotatable bonds is 4. The number of aromatic nitrogens is 1. The van der Waals surface area contributed by atoms with Gasteiger partial charge in [-0.2, -0.15) is 10.4 Å². The minimum absolute atomic E-state index is 0.0628. The number of anilines is 1. The Hall–Kier alpha value is -2.46. The van der Waals surface area contributed by atoms with E-state index < -0.39 is 5.78 Å². The maximum Gasteiger partial charge on any atom is 0.245 e. The third-order valence-electron chi connectivity index (χ3n) is 2.94. The van der Waals surface area contributed by atoms with Gasteiger partial charge < -0.3 is 4.52 Å². The quantitative estimate of drug-likeness (QED) is 0.497. The van der Waals surface area contributed by atoms with E-state index in [0.717, 1.165) is 4.47 Å². The number of ketones is 1. The number of Topliss-reactive ketones (excluding diaryl/α,β-unsaturated/α-hetero) is 1. The molecule has 0 aliphatic heterocycles.